The number of nitrogens with zero attached hydrogens (tertiary/aromatic N) is 1. The highest BCUT2D eigenvalue weighted by Crippen LogP contribution is 2.23. The minimum Gasteiger partial charge on any atom is -0.345 e. The van der Waals surface area contributed by atoms with E-state index in [-0.39, 0.29) is 0 Å². The van der Waals surface area contributed by atoms with Crippen molar-refractivity contribution in [2.75, 3.05) is 41.4 Å². The minimum atomic E-state index is -0.604. The minimum absolute atomic E-state index is 0.444. The Morgan fingerprint density at radius 2 is 2.00 bits per heavy atom. The van der Waals surface area contributed by atoms with Gasteiger partial charge in [0.05, 0.1) is 0 Å². The van der Waals surface area contributed by atoms with Crippen molar-refractivity contribution in [3.63, 3.8) is 0 Å². The number of nitrogens with one attached hydrogen (secondary N) is 1. The summed E-state index contributed by atoms with van der Waals surface area (Å²) in [4.78, 5) is 2.21. The fourth-order valence-corrected chi connectivity index (χ4v) is 4.84. The average molecular weight is 217 g/mol. The zero-order chi connectivity index (χ0) is 10.6. The normalized spacial score (nSPS) is 22.1. The van der Waals surface area contributed by atoms with E-state index in [1.807, 2.05) is 0 Å². The fraction of sp³-hybridized carbons (Fsp3) is 1.00. The largest absolute Gasteiger partial charge is 0.345 e. The molecule has 0 aromatic heterocycles. The van der Waals surface area contributed by atoms with Crippen LogP contribution in [0.2, 0.25) is 12.1 Å². The van der Waals surface area contributed by atoms with Crippen LogP contribution in [0.4, 0.5) is 0 Å². The summed E-state index contributed by atoms with van der Waals surface area (Å²) in [7, 11) is 7.05. The van der Waals surface area contributed by atoms with E-state index in [2.05, 4.69) is 24.3 Å². The van der Waals surface area contributed by atoms with Gasteiger partial charge in [-0.15, -0.1) is 0 Å². The van der Waals surface area contributed by atoms with Crippen LogP contribution >= 0.6 is 0 Å². The molecule has 0 unspecified atom stereocenters. The zero-order valence-corrected chi connectivity index (χ0v) is 10.6. The lowest BCUT2D eigenvalue weighted by Gasteiger charge is -2.32. The van der Waals surface area contributed by atoms with Crippen molar-refractivity contribution in [1.29, 1.82) is 0 Å². The number of methoxy groups -OCH3 is 2. The standard InChI is InChI=1S/C9H21N2O2Si/c1-11(2)6-8-14-7-5-10-9(14,12-3)13-4/h10H,5-8H2,1-4H3. The maximum Gasteiger partial charge on any atom is 0.202 e. The summed E-state index contributed by atoms with van der Waals surface area (Å²) in [5, 5.41) is 3.33. The van der Waals surface area contributed by atoms with Gasteiger partial charge in [-0.25, -0.2) is 0 Å². The molecule has 1 fully saturated rings. The van der Waals surface area contributed by atoms with Crippen molar-refractivity contribution < 1.29 is 9.47 Å². The van der Waals surface area contributed by atoms with Crippen LogP contribution in [0.25, 0.3) is 0 Å². The van der Waals surface area contributed by atoms with Gasteiger partial charge in [-0.05, 0) is 39.3 Å². The molecule has 1 heterocycles. The van der Waals surface area contributed by atoms with Gasteiger partial charge in [0.15, 0.2) is 0 Å². The van der Waals surface area contributed by atoms with Crippen LogP contribution in [-0.2, 0) is 9.47 Å². The molecule has 0 atom stereocenters. The average Bonchev–Trinajstić information content (AvgIpc) is 2.58. The highest BCUT2D eigenvalue weighted by atomic mass is 28.3. The number of ether oxygens (including phenoxy) is 2. The highest BCUT2D eigenvalue weighted by molar-refractivity contribution is 6.62. The molecule has 4 nitrogen and oxygen atoms in total. The molecular formula is C9H21N2O2Si. The Hall–Kier alpha value is 0.0569. The smallest absolute Gasteiger partial charge is 0.202 e. The molecule has 0 aromatic rings. The summed E-state index contributed by atoms with van der Waals surface area (Å²) in [6, 6.07) is 2.42. The Labute approximate surface area is 88.2 Å². The predicted molar refractivity (Wildman–Crippen MR) is 58.7 cm³/mol. The highest BCUT2D eigenvalue weighted by Gasteiger charge is 2.44. The van der Waals surface area contributed by atoms with Gasteiger partial charge < -0.3 is 14.4 Å². The van der Waals surface area contributed by atoms with E-state index in [1.165, 1.54) is 12.1 Å². The summed E-state index contributed by atoms with van der Waals surface area (Å²) in [5.74, 6) is 0. The van der Waals surface area contributed by atoms with Crippen LogP contribution in [0.1, 0.15) is 0 Å². The van der Waals surface area contributed by atoms with Gasteiger partial charge in [-0.2, -0.15) is 0 Å². The molecule has 0 amide bonds. The topological polar surface area (TPSA) is 33.7 Å². The molecule has 0 spiro atoms. The summed E-state index contributed by atoms with van der Waals surface area (Å²) in [6.45, 7) is 2.13. The van der Waals surface area contributed by atoms with Crippen LogP contribution in [0.5, 0.6) is 0 Å². The first-order chi connectivity index (χ1) is 6.64. The molecule has 83 valence electrons. The van der Waals surface area contributed by atoms with Gasteiger partial charge in [-0.3, -0.25) is 5.32 Å². The Bertz CT molecular complexity index is 174. The first-order valence-electron chi connectivity index (χ1n) is 5.00. The Morgan fingerprint density at radius 3 is 2.50 bits per heavy atom. The molecule has 1 aliphatic rings. The molecule has 0 saturated carbocycles. The molecule has 0 bridgehead atoms. The number of rotatable bonds is 5. The molecular weight excluding hydrogens is 196 g/mol. The molecule has 0 aromatic carbocycles. The third-order valence-electron chi connectivity index (χ3n) is 2.69. The van der Waals surface area contributed by atoms with E-state index in [0.717, 1.165) is 13.1 Å². The van der Waals surface area contributed by atoms with Crippen LogP contribution in [0.15, 0.2) is 0 Å². The van der Waals surface area contributed by atoms with Gasteiger partial charge in [0.25, 0.3) is 0 Å². The van der Waals surface area contributed by atoms with Crippen molar-refractivity contribution in [2.45, 2.75) is 17.6 Å². The summed E-state index contributed by atoms with van der Waals surface area (Å²) >= 11 is 0. The van der Waals surface area contributed by atoms with E-state index in [9.17, 15) is 0 Å². The van der Waals surface area contributed by atoms with Crippen molar-refractivity contribution >= 4 is 8.80 Å². The van der Waals surface area contributed by atoms with Gasteiger partial charge in [0.1, 0.15) is 8.80 Å². The van der Waals surface area contributed by atoms with Crippen LogP contribution in [0.3, 0.4) is 0 Å². The van der Waals surface area contributed by atoms with E-state index in [0.29, 0.717) is 0 Å². The number of hydrogen-bond donors (Lipinski definition) is 1. The molecule has 1 radical (unpaired) electrons. The predicted octanol–water partition coefficient (Wildman–Crippen LogP) is 0.132. The van der Waals surface area contributed by atoms with Crippen LogP contribution in [0, 0.1) is 0 Å². The zero-order valence-electron chi connectivity index (χ0n) is 9.59. The lowest BCUT2D eigenvalue weighted by molar-refractivity contribution is -0.162. The third-order valence-corrected chi connectivity index (χ3v) is 5.88. The summed E-state index contributed by atoms with van der Waals surface area (Å²) < 4.78 is 11.0. The molecule has 1 saturated heterocycles. The Kier molecular flexibility index (Phi) is 4.53. The lowest BCUT2D eigenvalue weighted by Crippen LogP contribution is -2.54. The molecule has 1 aliphatic heterocycles. The van der Waals surface area contributed by atoms with Crippen molar-refractivity contribution in [1.82, 2.24) is 10.2 Å². The molecule has 1 N–H and O–H groups in total. The molecule has 14 heavy (non-hydrogen) atoms. The van der Waals surface area contributed by atoms with E-state index in [1.54, 1.807) is 14.2 Å². The van der Waals surface area contributed by atoms with Crippen LogP contribution in [-0.4, -0.2) is 60.6 Å². The fourth-order valence-electron chi connectivity index (χ4n) is 1.83. The van der Waals surface area contributed by atoms with Crippen molar-refractivity contribution in [3.8, 4) is 0 Å². The van der Waals surface area contributed by atoms with Gasteiger partial charge in [0, 0.05) is 14.2 Å². The summed E-state index contributed by atoms with van der Waals surface area (Å²) in [6.07, 6.45) is 0. The van der Waals surface area contributed by atoms with E-state index in [4.69, 9.17) is 9.47 Å². The van der Waals surface area contributed by atoms with Gasteiger partial charge in [-0.1, -0.05) is 0 Å². The first kappa shape index (κ1) is 12.1. The van der Waals surface area contributed by atoms with Gasteiger partial charge in [0.2, 0.25) is 5.53 Å². The van der Waals surface area contributed by atoms with Crippen molar-refractivity contribution in [2.24, 2.45) is 0 Å². The van der Waals surface area contributed by atoms with Crippen LogP contribution < -0.4 is 5.32 Å². The van der Waals surface area contributed by atoms with Gasteiger partial charge >= 0.3 is 0 Å². The molecule has 5 heteroatoms. The second-order valence-corrected chi connectivity index (χ2v) is 6.72. The Balaban J connectivity index is 2.49. The number of hydrogen-bond acceptors (Lipinski definition) is 4. The second kappa shape index (κ2) is 5.23. The third kappa shape index (κ3) is 2.55. The second-order valence-electron chi connectivity index (χ2n) is 3.86. The first-order valence-corrected chi connectivity index (χ1v) is 6.91. The SMILES string of the molecule is COC1(OC)NCC[Si]1CCN(C)C. The quantitative estimate of drug-likeness (QED) is 0.524. The van der Waals surface area contributed by atoms with E-state index >= 15 is 0 Å². The molecule has 0 aliphatic carbocycles. The lowest BCUT2D eigenvalue weighted by atomic mass is 10.7. The van der Waals surface area contributed by atoms with E-state index < -0.39 is 14.3 Å². The van der Waals surface area contributed by atoms with Crippen molar-refractivity contribution in [3.05, 3.63) is 0 Å². The maximum atomic E-state index is 5.49. The molecule has 1 rings (SSSR count). The summed E-state index contributed by atoms with van der Waals surface area (Å²) in [5.41, 5.74) is -0.444. The monoisotopic (exact) mass is 217 g/mol. The Morgan fingerprint density at radius 1 is 1.36 bits per heavy atom. The maximum absolute atomic E-state index is 5.49.